The van der Waals surface area contributed by atoms with Crippen molar-refractivity contribution in [3.63, 3.8) is 0 Å². The Morgan fingerprint density at radius 2 is 1.82 bits per heavy atom. The van der Waals surface area contributed by atoms with E-state index in [-0.39, 0.29) is 25.2 Å². The monoisotopic (exact) mass is 518 g/mol. The van der Waals surface area contributed by atoms with Crippen LogP contribution in [0, 0.1) is 19.8 Å². The molecule has 1 aromatic carbocycles. The van der Waals surface area contributed by atoms with Crippen LogP contribution < -0.4 is 5.32 Å². The number of aromatic nitrogens is 2. The number of fused-ring (bicyclic) bond motifs is 1. The molecule has 0 radical (unpaired) electrons. The first-order chi connectivity index (χ1) is 18.2. The summed E-state index contributed by atoms with van der Waals surface area (Å²) >= 11 is 0. The van der Waals surface area contributed by atoms with E-state index in [2.05, 4.69) is 23.3 Å². The highest BCUT2D eigenvalue weighted by Gasteiger charge is 2.32. The van der Waals surface area contributed by atoms with Gasteiger partial charge in [-0.3, -0.25) is 14.4 Å². The average Bonchev–Trinajstić information content (AvgIpc) is 3.44. The van der Waals surface area contributed by atoms with Crippen LogP contribution in [0.5, 0.6) is 0 Å². The lowest BCUT2D eigenvalue weighted by Gasteiger charge is -2.14. The van der Waals surface area contributed by atoms with E-state index in [1.54, 1.807) is 6.07 Å². The van der Waals surface area contributed by atoms with Crippen LogP contribution in [0.25, 0.3) is 5.65 Å². The maximum absolute atomic E-state index is 13.0. The first-order valence-electron chi connectivity index (χ1n) is 13.1. The average molecular weight is 519 g/mol. The molecule has 3 aromatic rings. The van der Waals surface area contributed by atoms with E-state index < -0.39 is 17.8 Å². The van der Waals surface area contributed by atoms with Crippen LogP contribution in [0.2, 0.25) is 0 Å². The van der Waals surface area contributed by atoms with E-state index in [1.165, 1.54) is 0 Å². The molecule has 3 heterocycles. The molecule has 0 aliphatic carbocycles. The number of aryl methyl sites for hydroxylation is 3. The van der Waals surface area contributed by atoms with Gasteiger partial charge in [0, 0.05) is 42.5 Å². The van der Waals surface area contributed by atoms with Crippen LogP contribution in [0.15, 0.2) is 42.6 Å². The standard InChI is InChI=1S/C29H34N4O5/c1-19(11-14-27(36)38-33-25(34)12-13-26(33)35)7-4-5-8-22-9-6-10-23(18-22)31-29(37)24-15-16-32-21(3)17-20(2)30-28(24)32/h6,9-10,15-19H,4-5,7-8,11-14H2,1-3H3,(H,31,37). The van der Waals surface area contributed by atoms with Crippen molar-refractivity contribution < 1.29 is 24.0 Å². The minimum atomic E-state index is -0.547. The van der Waals surface area contributed by atoms with E-state index in [4.69, 9.17) is 4.84 Å². The van der Waals surface area contributed by atoms with Crippen molar-refractivity contribution in [2.75, 3.05) is 5.32 Å². The Hall–Kier alpha value is -4.01. The summed E-state index contributed by atoms with van der Waals surface area (Å²) in [5.74, 6) is -1.33. The summed E-state index contributed by atoms with van der Waals surface area (Å²) in [6, 6.07) is 11.7. The topological polar surface area (TPSA) is 110 Å². The Balaban J connectivity index is 1.20. The number of carbonyl (C=O) groups excluding carboxylic acids is 4. The van der Waals surface area contributed by atoms with Crippen molar-refractivity contribution in [1.82, 2.24) is 14.4 Å². The third-order valence-corrected chi connectivity index (χ3v) is 6.82. The minimum Gasteiger partial charge on any atom is -0.330 e. The largest absolute Gasteiger partial charge is 0.333 e. The van der Waals surface area contributed by atoms with Crippen LogP contribution in [-0.4, -0.2) is 38.1 Å². The number of rotatable bonds is 11. The van der Waals surface area contributed by atoms with E-state index in [0.29, 0.717) is 28.6 Å². The fourth-order valence-corrected chi connectivity index (χ4v) is 4.71. The Kier molecular flexibility index (Phi) is 8.55. The second-order valence-corrected chi connectivity index (χ2v) is 10.1. The molecule has 9 heteroatoms. The Morgan fingerprint density at radius 3 is 2.58 bits per heavy atom. The first kappa shape index (κ1) is 27.0. The molecule has 4 rings (SSSR count). The highest BCUT2D eigenvalue weighted by molar-refractivity contribution is 6.08. The molecule has 2 aromatic heterocycles. The Morgan fingerprint density at radius 1 is 1.05 bits per heavy atom. The number of imide groups is 1. The molecule has 1 aliphatic rings. The summed E-state index contributed by atoms with van der Waals surface area (Å²) < 4.78 is 1.91. The molecule has 9 nitrogen and oxygen atoms in total. The van der Waals surface area contributed by atoms with Crippen molar-refractivity contribution in [3.05, 3.63) is 65.1 Å². The van der Waals surface area contributed by atoms with Crippen molar-refractivity contribution >= 4 is 35.0 Å². The van der Waals surface area contributed by atoms with Gasteiger partial charge >= 0.3 is 5.97 Å². The predicted octanol–water partition coefficient (Wildman–Crippen LogP) is 4.94. The zero-order chi connectivity index (χ0) is 27.2. The summed E-state index contributed by atoms with van der Waals surface area (Å²) in [5, 5.41) is 3.60. The summed E-state index contributed by atoms with van der Waals surface area (Å²) in [7, 11) is 0. The maximum atomic E-state index is 13.0. The molecule has 0 saturated carbocycles. The number of anilines is 1. The SMILES string of the molecule is Cc1cc(C)n2ccc(C(=O)Nc3cccc(CCCCC(C)CCC(=O)ON4C(=O)CCC4=O)c3)c2n1. The molecule has 1 aliphatic heterocycles. The second-order valence-electron chi connectivity index (χ2n) is 10.1. The molecular weight excluding hydrogens is 484 g/mol. The van der Waals surface area contributed by atoms with Gasteiger partial charge in [0.25, 0.3) is 17.7 Å². The normalized spacial score (nSPS) is 14.2. The molecule has 0 bridgehead atoms. The molecule has 200 valence electrons. The number of nitrogens with one attached hydrogen (secondary N) is 1. The zero-order valence-electron chi connectivity index (χ0n) is 22.2. The molecule has 1 fully saturated rings. The van der Waals surface area contributed by atoms with E-state index >= 15 is 0 Å². The van der Waals surface area contributed by atoms with Crippen LogP contribution >= 0.6 is 0 Å². The number of unbranched alkanes of at least 4 members (excludes halogenated alkanes) is 1. The number of nitrogens with zero attached hydrogens (tertiary/aromatic N) is 3. The van der Waals surface area contributed by atoms with Gasteiger partial charge in [0.05, 0.1) is 5.56 Å². The predicted molar refractivity (Wildman–Crippen MR) is 142 cm³/mol. The van der Waals surface area contributed by atoms with E-state index in [9.17, 15) is 19.2 Å². The summed E-state index contributed by atoms with van der Waals surface area (Å²) in [4.78, 5) is 57.5. The lowest BCUT2D eigenvalue weighted by atomic mass is 9.97. The minimum absolute atomic E-state index is 0.0965. The van der Waals surface area contributed by atoms with Gasteiger partial charge in [0.15, 0.2) is 0 Å². The summed E-state index contributed by atoms with van der Waals surface area (Å²) in [6.45, 7) is 5.99. The van der Waals surface area contributed by atoms with Gasteiger partial charge in [-0.05, 0) is 68.9 Å². The van der Waals surface area contributed by atoms with Crippen LogP contribution in [-0.2, 0) is 25.6 Å². The number of carbonyl (C=O) groups is 4. The van der Waals surface area contributed by atoms with E-state index in [0.717, 1.165) is 48.3 Å². The highest BCUT2D eigenvalue weighted by atomic mass is 16.7. The van der Waals surface area contributed by atoms with E-state index in [1.807, 2.05) is 48.7 Å². The molecule has 3 amide bonds. The molecule has 38 heavy (non-hydrogen) atoms. The third kappa shape index (κ3) is 6.65. The number of amides is 3. The molecule has 0 spiro atoms. The molecule has 1 saturated heterocycles. The molecule has 1 N–H and O–H groups in total. The van der Waals surface area contributed by atoms with Gasteiger partial charge in [-0.25, -0.2) is 9.78 Å². The third-order valence-electron chi connectivity index (χ3n) is 6.82. The van der Waals surface area contributed by atoms with Crippen molar-refractivity contribution in [1.29, 1.82) is 0 Å². The zero-order valence-corrected chi connectivity index (χ0v) is 22.2. The first-order valence-corrected chi connectivity index (χ1v) is 13.1. The number of hydrogen-bond donors (Lipinski definition) is 1. The van der Waals surface area contributed by atoms with Crippen LogP contribution in [0.1, 0.15) is 79.2 Å². The Labute approximate surface area is 222 Å². The maximum Gasteiger partial charge on any atom is 0.333 e. The molecule has 1 unspecified atom stereocenters. The van der Waals surface area contributed by atoms with Gasteiger partial charge in [0.1, 0.15) is 5.65 Å². The highest BCUT2D eigenvalue weighted by Crippen LogP contribution is 2.20. The number of hydrogen-bond acceptors (Lipinski definition) is 6. The van der Waals surface area contributed by atoms with Gasteiger partial charge in [-0.2, -0.15) is 0 Å². The molecule has 1 atom stereocenters. The lowest BCUT2D eigenvalue weighted by Crippen LogP contribution is -2.32. The van der Waals surface area contributed by atoms with Crippen LogP contribution in [0.4, 0.5) is 5.69 Å². The number of benzene rings is 1. The number of hydroxylamine groups is 2. The summed E-state index contributed by atoms with van der Waals surface area (Å²) in [6.07, 6.45) is 6.68. The second kappa shape index (κ2) is 12.0. The van der Waals surface area contributed by atoms with Gasteiger partial charge in [0.2, 0.25) is 0 Å². The quantitative estimate of drug-likeness (QED) is 0.284. The summed E-state index contributed by atoms with van der Waals surface area (Å²) in [5.41, 5.74) is 4.98. The fourth-order valence-electron chi connectivity index (χ4n) is 4.71. The smallest absolute Gasteiger partial charge is 0.330 e. The van der Waals surface area contributed by atoms with Gasteiger partial charge < -0.3 is 14.6 Å². The van der Waals surface area contributed by atoms with Crippen molar-refractivity contribution in [2.24, 2.45) is 5.92 Å². The van der Waals surface area contributed by atoms with Gasteiger partial charge in [-0.15, -0.1) is 5.06 Å². The Bertz CT molecular complexity index is 1350. The van der Waals surface area contributed by atoms with Crippen molar-refractivity contribution in [3.8, 4) is 0 Å². The van der Waals surface area contributed by atoms with Gasteiger partial charge in [-0.1, -0.05) is 31.9 Å². The lowest BCUT2D eigenvalue weighted by molar-refractivity contribution is -0.197. The van der Waals surface area contributed by atoms with Crippen molar-refractivity contribution in [2.45, 2.75) is 72.1 Å². The molecular formula is C29H34N4O5. The van der Waals surface area contributed by atoms with Crippen LogP contribution in [0.3, 0.4) is 0 Å². The fraction of sp³-hybridized carbons (Fsp3) is 0.414.